The summed E-state index contributed by atoms with van der Waals surface area (Å²) in [6.45, 7) is 2.77. The second-order valence-electron chi connectivity index (χ2n) is 5.47. The average Bonchev–Trinajstić information content (AvgIpc) is 2.68. The Balaban J connectivity index is 2.01. The number of aliphatic hydroxyl groups excluding tert-OH is 2. The summed E-state index contributed by atoms with van der Waals surface area (Å²) >= 11 is 0. The number of nitrogens with two attached hydrogens (primary N) is 1. The maximum atomic E-state index is 9.83. The summed E-state index contributed by atoms with van der Waals surface area (Å²) in [4.78, 5) is 4.20. The van der Waals surface area contributed by atoms with E-state index >= 15 is 0 Å². The smallest absolute Gasteiger partial charge is 0.122 e. The van der Waals surface area contributed by atoms with Crippen molar-refractivity contribution >= 4 is 12.1 Å². The van der Waals surface area contributed by atoms with Gasteiger partial charge in [-0.3, -0.25) is 10.4 Å². The summed E-state index contributed by atoms with van der Waals surface area (Å²) in [5, 5.41) is 30.1. The standard InChI is InChI=1S/C17H22N4O2/c1-11-16(23)6-14(10-22)15(9-21-11)8-20-7-12-3-2-4-13(5-12)17(18)19/h2-5,9,20,22-23H,6-8,10H2,1H3,(H3,18,19). The highest BCUT2D eigenvalue weighted by molar-refractivity contribution is 5.95. The van der Waals surface area contributed by atoms with E-state index in [1.54, 1.807) is 19.2 Å². The van der Waals surface area contributed by atoms with Crippen molar-refractivity contribution in [3.63, 3.8) is 0 Å². The van der Waals surface area contributed by atoms with E-state index in [9.17, 15) is 10.2 Å². The van der Waals surface area contributed by atoms with Gasteiger partial charge in [0, 0.05) is 31.3 Å². The van der Waals surface area contributed by atoms with E-state index in [2.05, 4.69) is 10.3 Å². The van der Waals surface area contributed by atoms with Crippen LogP contribution < -0.4 is 11.1 Å². The number of nitrogens with zero attached hydrogens (tertiary/aromatic N) is 1. The van der Waals surface area contributed by atoms with Crippen LogP contribution in [0.2, 0.25) is 0 Å². The van der Waals surface area contributed by atoms with Gasteiger partial charge in [-0.25, -0.2) is 0 Å². The minimum Gasteiger partial charge on any atom is -0.510 e. The van der Waals surface area contributed by atoms with Gasteiger partial charge in [0.05, 0.1) is 12.3 Å². The zero-order valence-electron chi connectivity index (χ0n) is 13.1. The molecule has 1 aromatic carbocycles. The molecule has 0 spiro atoms. The first-order valence-corrected chi connectivity index (χ1v) is 7.40. The largest absolute Gasteiger partial charge is 0.510 e. The van der Waals surface area contributed by atoms with Crippen molar-refractivity contribution in [1.82, 2.24) is 5.32 Å². The van der Waals surface area contributed by atoms with Crippen molar-refractivity contribution in [3.8, 4) is 0 Å². The molecule has 0 saturated heterocycles. The first-order valence-electron chi connectivity index (χ1n) is 7.40. The van der Waals surface area contributed by atoms with Gasteiger partial charge in [0.2, 0.25) is 0 Å². The maximum absolute atomic E-state index is 9.83. The average molecular weight is 314 g/mol. The highest BCUT2D eigenvalue weighted by atomic mass is 16.3. The van der Waals surface area contributed by atoms with Crippen LogP contribution in [0.15, 0.2) is 51.9 Å². The molecule has 0 fully saturated rings. The van der Waals surface area contributed by atoms with E-state index in [1.165, 1.54) is 0 Å². The Morgan fingerprint density at radius 1 is 1.39 bits per heavy atom. The molecule has 6 nitrogen and oxygen atoms in total. The van der Waals surface area contributed by atoms with Gasteiger partial charge in [0.15, 0.2) is 0 Å². The van der Waals surface area contributed by atoms with Gasteiger partial charge in [0.1, 0.15) is 11.6 Å². The number of allylic oxidation sites excluding steroid dienone is 2. The lowest BCUT2D eigenvalue weighted by molar-refractivity contribution is 0.317. The lowest BCUT2D eigenvalue weighted by Gasteiger charge is -2.10. The Morgan fingerprint density at radius 2 is 2.17 bits per heavy atom. The van der Waals surface area contributed by atoms with Crippen LogP contribution in [0, 0.1) is 5.41 Å². The number of hydrogen-bond acceptors (Lipinski definition) is 5. The fraction of sp³-hybridized carbons (Fsp3) is 0.294. The van der Waals surface area contributed by atoms with Crippen LogP contribution in [-0.4, -0.2) is 35.4 Å². The summed E-state index contributed by atoms with van der Waals surface area (Å²) in [6.07, 6.45) is 2.00. The van der Waals surface area contributed by atoms with E-state index in [4.69, 9.17) is 11.1 Å². The Labute approximate surface area is 135 Å². The third kappa shape index (κ3) is 4.51. The summed E-state index contributed by atoms with van der Waals surface area (Å²) in [5.41, 5.74) is 9.41. The highest BCUT2D eigenvalue weighted by Gasteiger charge is 2.12. The monoisotopic (exact) mass is 314 g/mol. The number of hydrogen-bond donors (Lipinski definition) is 5. The SMILES string of the molecule is CC1=C(O)CC(CO)=C(CNCc2cccc(C(=N)N)c2)C=N1. The molecule has 0 saturated carbocycles. The van der Waals surface area contributed by atoms with Gasteiger partial charge in [-0.15, -0.1) is 0 Å². The number of nitrogens with one attached hydrogen (secondary N) is 2. The minimum atomic E-state index is -0.111. The van der Waals surface area contributed by atoms with Crippen LogP contribution in [0.5, 0.6) is 0 Å². The molecule has 0 radical (unpaired) electrons. The van der Waals surface area contributed by atoms with Crippen LogP contribution in [0.1, 0.15) is 24.5 Å². The quantitative estimate of drug-likeness (QED) is 0.405. The van der Waals surface area contributed by atoms with Gasteiger partial charge in [-0.2, -0.15) is 0 Å². The molecule has 1 heterocycles. The summed E-state index contributed by atoms with van der Waals surface area (Å²) in [5.74, 6) is 0.236. The van der Waals surface area contributed by atoms with Crippen LogP contribution in [0.25, 0.3) is 0 Å². The van der Waals surface area contributed by atoms with Crippen LogP contribution in [-0.2, 0) is 6.54 Å². The van der Waals surface area contributed by atoms with Crippen molar-refractivity contribution in [2.45, 2.75) is 19.9 Å². The molecule has 6 N–H and O–H groups in total. The van der Waals surface area contributed by atoms with Crippen molar-refractivity contribution in [3.05, 3.63) is 58.0 Å². The lowest BCUT2D eigenvalue weighted by atomic mass is 10.1. The topological polar surface area (TPSA) is 115 Å². The predicted octanol–water partition coefficient (Wildman–Crippen LogP) is 1.61. The summed E-state index contributed by atoms with van der Waals surface area (Å²) < 4.78 is 0. The van der Waals surface area contributed by atoms with Gasteiger partial charge in [-0.1, -0.05) is 18.2 Å². The van der Waals surface area contributed by atoms with E-state index in [-0.39, 0.29) is 18.2 Å². The zero-order chi connectivity index (χ0) is 16.8. The zero-order valence-corrected chi connectivity index (χ0v) is 13.1. The molecule has 0 aliphatic carbocycles. The molecule has 1 aliphatic rings. The molecule has 0 aromatic heterocycles. The van der Waals surface area contributed by atoms with Crippen molar-refractivity contribution in [2.24, 2.45) is 10.7 Å². The van der Waals surface area contributed by atoms with E-state index in [1.807, 2.05) is 18.2 Å². The molecule has 6 heteroatoms. The molecule has 23 heavy (non-hydrogen) atoms. The van der Waals surface area contributed by atoms with Crippen LogP contribution >= 0.6 is 0 Å². The molecule has 0 unspecified atom stereocenters. The Hall–Kier alpha value is -2.44. The number of nitrogen functional groups attached to an aromatic ring is 1. The van der Waals surface area contributed by atoms with Crippen LogP contribution in [0.4, 0.5) is 0 Å². The van der Waals surface area contributed by atoms with E-state index in [0.29, 0.717) is 30.8 Å². The molecule has 122 valence electrons. The fourth-order valence-corrected chi connectivity index (χ4v) is 2.30. The van der Waals surface area contributed by atoms with E-state index < -0.39 is 0 Å². The maximum Gasteiger partial charge on any atom is 0.122 e. The summed E-state index contributed by atoms with van der Waals surface area (Å²) in [6, 6.07) is 7.49. The van der Waals surface area contributed by atoms with Crippen molar-refractivity contribution < 1.29 is 10.2 Å². The minimum absolute atomic E-state index is 0.0463. The number of aliphatic hydroxyl groups is 2. The molecule has 0 amide bonds. The second kappa shape index (κ2) is 7.71. The van der Waals surface area contributed by atoms with Crippen molar-refractivity contribution in [1.29, 1.82) is 5.41 Å². The van der Waals surface area contributed by atoms with Gasteiger partial charge < -0.3 is 21.3 Å². The molecule has 1 aliphatic heterocycles. The highest BCUT2D eigenvalue weighted by Crippen LogP contribution is 2.19. The van der Waals surface area contributed by atoms with Gasteiger partial charge in [0.25, 0.3) is 0 Å². The third-order valence-corrected chi connectivity index (χ3v) is 3.74. The molecule has 0 bridgehead atoms. The van der Waals surface area contributed by atoms with E-state index in [0.717, 1.165) is 16.7 Å². The Bertz CT molecular complexity index is 690. The Kier molecular flexibility index (Phi) is 5.67. The third-order valence-electron chi connectivity index (χ3n) is 3.74. The molecular formula is C17H22N4O2. The molecular weight excluding hydrogens is 292 g/mol. The Morgan fingerprint density at radius 3 is 2.87 bits per heavy atom. The number of benzene rings is 1. The molecule has 0 atom stereocenters. The number of aliphatic imine (C=N–C) groups is 1. The first-order chi connectivity index (χ1) is 11.0. The lowest BCUT2D eigenvalue weighted by Crippen LogP contribution is -2.19. The first kappa shape index (κ1) is 16.9. The van der Waals surface area contributed by atoms with Crippen molar-refractivity contribution in [2.75, 3.05) is 13.2 Å². The number of amidine groups is 1. The van der Waals surface area contributed by atoms with Gasteiger partial charge in [-0.05, 0) is 29.7 Å². The fourth-order valence-electron chi connectivity index (χ4n) is 2.30. The molecule has 1 aromatic rings. The summed E-state index contributed by atoms with van der Waals surface area (Å²) in [7, 11) is 0. The van der Waals surface area contributed by atoms with Gasteiger partial charge >= 0.3 is 0 Å². The number of rotatable bonds is 6. The molecule has 2 rings (SSSR count). The normalized spacial score (nSPS) is 15.0. The van der Waals surface area contributed by atoms with Crippen LogP contribution in [0.3, 0.4) is 0 Å². The second-order valence-corrected chi connectivity index (χ2v) is 5.47. The predicted molar refractivity (Wildman–Crippen MR) is 91.7 cm³/mol.